The molecule has 2 aromatic rings. The minimum atomic E-state index is -0.143. The molecule has 0 bridgehead atoms. The fourth-order valence-corrected chi connectivity index (χ4v) is 1.91. The van der Waals surface area contributed by atoms with Gasteiger partial charge in [0.15, 0.2) is 0 Å². The molecule has 2 N–H and O–H groups in total. The summed E-state index contributed by atoms with van der Waals surface area (Å²) in [4.78, 5) is 23.0. The third-order valence-corrected chi connectivity index (χ3v) is 3.15. The van der Waals surface area contributed by atoms with Crippen LogP contribution in [0.1, 0.15) is 28.4 Å². The van der Waals surface area contributed by atoms with E-state index in [0.29, 0.717) is 12.1 Å². The molecule has 4 heteroatoms. The van der Waals surface area contributed by atoms with Gasteiger partial charge in [-0.3, -0.25) is 9.59 Å². The number of para-hydroxylation sites is 1. The van der Waals surface area contributed by atoms with Crippen LogP contribution < -0.4 is 10.6 Å². The van der Waals surface area contributed by atoms with Crippen LogP contribution in [0.2, 0.25) is 0 Å². The van der Waals surface area contributed by atoms with Gasteiger partial charge < -0.3 is 10.6 Å². The summed E-state index contributed by atoms with van der Waals surface area (Å²) in [6.07, 6.45) is 0. The molecule has 0 aliphatic rings. The first-order valence-electron chi connectivity index (χ1n) is 6.76. The van der Waals surface area contributed by atoms with E-state index in [0.717, 1.165) is 16.8 Å². The van der Waals surface area contributed by atoms with Gasteiger partial charge >= 0.3 is 0 Å². The highest BCUT2D eigenvalue weighted by molar-refractivity contribution is 6.04. The lowest BCUT2D eigenvalue weighted by Gasteiger charge is -2.09. The quantitative estimate of drug-likeness (QED) is 0.906. The van der Waals surface area contributed by atoms with Gasteiger partial charge in [-0.1, -0.05) is 30.3 Å². The molecular formula is C17H18N2O2. The van der Waals surface area contributed by atoms with E-state index in [-0.39, 0.29) is 11.8 Å². The van der Waals surface area contributed by atoms with E-state index >= 15 is 0 Å². The van der Waals surface area contributed by atoms with Gasteiger partial charge in [-0.05, 0) is 36.2 Å². The molecule has 0 aliphatic heterocycles. The highest BCUT2D eigenvalue weighted by Crippen LogP contribution is 2.15. The molecule has 0 radical (unpaired) electrons. The lowest BCUT2D eigenvalue weighted by molar-refractivity contribution is -0.119. The molecule has 0 aromatic heterocycles. The number of carbonyl (C=O) groups is 2. The lowest BCUT2D eigenvalue weighted by Crippen LogP contribution is -2.19. The minimum Gasteiger partial charge on any atom is -0.352 e. The molecule has 0 heterocycles. The van der Waals surface area contributed by atoms with Crippen molar-refractivity contribution in [3.05, 3.63) is 65.2 Å². The first-order valence-corrected chi connectivity index (χ1v) is 6.76. The number of rotatable bonds is 4. The van der Waals surface area contributed by atoms with Gasteiger partial charge in [-0.15, -0.1) is 0 Å². The predicted octanol–water partition coefficient (Wildman–Crippen LogP) is 2.88. The molecule has 0 fully saturated rings. The zero-order valence-corrected chi connectivity index (χ0v) is 12.1. The summed E-state index contributed by atoms with van der Waals surface area (Å²) in [6.45, 7) is 3.89. The van der Waals surface area contributed by atoms with Crippen LogP contribution in [0.15, 0.2) is 48.5 Å². The van der Waals surface area contributed by atoms with Gasteiger partial charge in [-0.2, -0.15) is 0 Å². The molecule has 0 aliphatic carbocycles. The van der Waals surface area contributed by atoms with Gasteiger partial charge in [0.25, 0.3) is 5.91 Å². The van der Waals surface area contributed by atoms with E-state index in [9.17, 15) is 9.59 Å². The fraction of sp³-hybridized carbons (Fsp3) is 0.176. The van der Waals surface area contributed by atoms with Crippen LogP contribution in [0.5, 0.6) is 0 Å². The summed E-state index contributed by atoms with van der Waals surface area (Å²) in [5, 5.41) is 5.61. The number of hydrogen-bond acceptors (Lipinski definition) is 2. The Kier molecular flexibility index (Phi) is 4.72. The molecule has 4 nitrogen and oxygen atoms in total. The Morgan fingerprint density at radius 3 is 2.29 bits per heavy atom. The van der Waals surface area contributed by atoms with Crippen LogP contribution in [0, 0.1) is 6.92 Å². The number of nitrogens with one attached hydrogen (secondary N) is 2. The summed E-state index contributed by atoms with van der Waals surface area (Å²) in [6, 6.07) is 14.8. The largest absolute Gasteiger partial charge is 0.352 e. The standard InChI is InChI=1S/C17H18N2O2/c1-12-5-3-4-6-16(12)19-17(21)15-9-7-14(8-10-15)11-18-13(2)20/h3-10H,11H2,1-2H3,(H,18,20)(H,19,21). The summed E-state index contributed by atoms with van der Waals surface area (Å²) >= 11 is 0. The SMILES string of the molecule is CC(=O)NCc1ccc(C(=O)Nc2ccccc2C)cc1. The zero-order valence-electron chi connectivity index (χ0n) is 12.1. The van der Waals surface area contributed by atoms with Crippen molar-refractivity contribution in [2.75, 3.05) is 5.32 Å². The van der Waals surface area contributed by atoms with Crippen LogP contribution in [0.4, 0.5) is 5.69 Å². The van der Waals surface area contributed by atoms with Gasteiger partial charge in [0.2, 0.25) is 5.91 Å². The Morgan fingerprint density at radius 1 is 1.00 bits per heavy atom. The Morgan fingerprint density at radius 2 is 1.67 bits per heavy atom. The van der Waals surface area contributed by atoms with Crippen LogP contribution in [-0.4, -0.2) is 11.8 Å². The summed E-state index contributed by atoms with van der Waals surface area (Å²) in [5.41, 5.74) is 3.38. The monoisotopic (exact) mass is 282 g/mol. The molecule has 0 saturated heterocycles. The van der Waals surface area contributed by atoms with Crippen molar-refractivity contribution in [2.24, 2.45) is 0 Å². The van der Waals surface area contributed by atoms with E-state index in [4.69, 9.17) is 0 Å². The summed E-state index contributed by atoms with van der Waals surface area (Å²) in [7, 11) is 0. The van der Waals surface area contributed by atoms with Gasteiger partial charge in [0, 0.05) is 24.7 Å². The molecule has 0 atom stereocenters. The van der Waals surface area contributed by atoms with Crippen LogP contribution in [0.25, 0.3) is 0 Å². The highest BCUT2D eigenvalue weighted by atomic mass is 16.2. The van der Waals surface area contributed by atoms with Crippen LogP contribution in [0.3, 0.4) is 0 Å². The number of benzene rings is 2. The van der Waals surface area contributed by atoms with E-state index < -0.39 is 0 Å². The third kappa shape index (κ3) is 4.18. The first kappa shape index (κ1) is 14.8. The fourth-order valence-electron chi connectivity index (χ4n) is 1.91. The van der Waals surface area contributed by atoms with Crippen molar-refractivity contribution in [1.29, 1.82) is 0 Å². The zero-order chi connectivity index (χ0) is 15.2. The van der Waals surface area contributed by atoms with Crippen molar-refractivity contribution in [3.8, 4) is 0 Å². The van der Waals surface area contributed by atoms with E-state index in [2.05, 4.69) is 10.6 Å². The normalized spacial score (nSPS) is 10.0. The average molecular weight is 282 g/mol. The Hall–Kier alpha value is -2.62. The smallest absolute Gasteiger partial charge is 0.255 e. The molecule has 2 amide bonds. The molecule has 0 spiro atoms. The second kappa shape index (κ2) is 6.70. The molecule has 2 aromatic carbocycles. The van der Waals surface area contributed by atoms with Gasteiger partial charge in [0.1, 0.15) is 0 Å². The molecule has 21 heavy (non-hydrogen) atoms. The average Bonchev–Trinajstić information content (AvgIpc) is 2.48. The van der Waals surface area contributed by atoms with Crippen LogP contribution >= 0.6 is 0 Å². The van der Waals surface area contributed by atoms with E-state index in [1.807, 2.05) is 43.3 Å². The number of anilines is 1. The van der Waals surface area contributed by atoms with Crippen LogP contribution in [-0.2, 0) is 11.3 Å². The molecule has 0 unspecified atom stereocenters. The van der Waals surface area contributed by atoms with Crippen molar-refractivity contribution in [3.63, 3.8) is 0 Å². The summed E-state index contributed by atoms with van der Waals surface area (Å²) in [5.74, 6) is -0.216. The number of amides is 2. The van der Waals surface area contributed by atoms with Gasteiger partial charge in [-0.25, -0.2) is 0 Å². The number of carbonyl (C=O) groups excluding carboxylic acids is 2. The third-order valence-electron chi connectivity index (χ3n) is 3.15. The van der Waals surface area contributed by atoms with Gasteiger partial charge in [0.05, 0.1) is 0 Å². The Bertz CT molecular complexity index is 648. The maximum Gasteiger partial charge on any atom is 0.255 e. The molecular weight excluding hydrogens is 264 g/mol. The molecule has 108 valence electrons. The topological polar surface area (TPSA) is 58.2 Å². The molecule has 0 saturated carbocycles. The van der Waals surface area contributed by atoms with Crippen molar-refractivity contribution in [2.45, 2.75) is 20.4 Å². The first-order chi connectivity index (χ1) is 10.1. The maximum absolute atomic E-state index is 12.2. The number of aryl methyl sites for hydroxylation is 1. The Labute approximate surface area is 124 Å². The summed E-state index contributed by atoms with van der Waals surface area (Å²) < 4.78 is 0. The maximum atomic E-state index is 12.2. The lowest BCUT2D eigenvalue weighted by atomic mass is 10.1. The molecule has 2 rings (SSSR count). The minimum absolute atomic E-state index is 0.0728. The van der Waals surface area contributed by atoms with Crippen molar-refractivity contribution >= 4 is 17.5 Å². The predicted molar refractivity (Wildman–Crippen MR) is 83.1 cm³/mol. The second-order valence-corrected chi connectivity index (χ2v) is 4.88. The van der Waals surface area contributed by atoms with Crippen molar-refractivity contribution < 1.29 is 9.59 Å². The second-order valence-electron chi connectivity index (χ2n) is 4.88. The van der Waals surface area contributed by atoms with Crippen molar-refractivity contribution in [1.82, 2.24) is 5.32 Å². The van der Waals surface area contributed by atoms with E-state index in [1.165, 1.54) is 6.92 Å². The number of hydrogen-bond donors (Lipinski definition) is 2. The Balaban J connectivity index is 2.03. The highest BCUT2D eigenvalue weighted by Gasteiger charge is 2.07. The van der Waals surface area contributed by atoms with E-state index in [1.54, 1.807) is 12.1 Å².